The van der Waals surface area contributed by atoms with E-state index in [2.05, 4.69) is 5.32 Å². The number of nitrogens with one attached hydrogen (secondary N) is 1. The van der Waals surface area contributed by atoms with Crippen LogP contribution in [0.4, 0.5) is 11.4 Å². The summed E-state index contributed by atoms with van der Waals surface area (Å²) in [7, 11) is 0. The molecule has 0 aliphatic rings. The van der Waals surface area contributed by atoms with E-state index in [4.69, 9.17) is 22.0 Å². The van der Waals surface area contributed by atoms with Gasteiger partial charge in [-0.25, -0.2) is 4.79 Å². The molecule has 0 bridgehead atoms. The Hall–Kier alpha value is -2.51. The minimum atomic E-state index is -1.08. The molecule has 0 fully saturated rings. The first-order valence-corrected chi connectivity index (χ1v) is 5.78. The maximum atomic E-state index is 11.0. The van der Waals surface area contributed by atoms with Crippen LogP contribution in [-0.4, -0.2) is 11.1 Å². The SMILES string of the molecule is N#Cc1ccc(Nc2ccc(Cl)c(C(=O)O)c2)cc1. The average Bonchev–Trinajstić information content (AvgIpc) is 2.41. The summed E-state index contributed by atoms with van der Waals surface area (Å²) < 4.78 is 0. The maximum absolute atomic E-state index is 11.0. The molecule has 0 unspecified atom stereocenters. The average molecular weight is 273 g/mol. The Labute approximate surface area is 114 Å². The summed E-state index contributed by atoms with van der Waals surface area (Å²) in [5, 5.41) is 20.9. The van der Waals surface area contributed by atoms with Gasteiger partial charge in [0.25, 0.3) is 0 Å². The third-order valence-electron chi connectivity index (χ3n) is 2.50. The molecule has 0 spiro atoms. The van der Waals surface area contributed by atoms with Crippen molar-refractivity contribution in [3.8, 4) is 6.07 Å². The van der Waals surface area contributed by atoms with E-state index in [1.54, 1.807) is 30.3 Å². The van der Waals surface area contributed by atoms with Gasteiger partial charge in [-0.15, -0.1) is 0 Å². The molecule has 19 heavy (non-hydrogen) atoms. The Balaban J connectivity index is 2.25. The normalized spacial score (nSPS) is 9.68. The molecular weight excluding hydrogens is 264 g/mol. The predicted octanol–water partition coefficient (Wildman–Crippen LogP) is 3.65. The van der Waals surface area contributed by atoms with Gasteiger partial charge >= 0.3 is 5.97 Å². The van der Waals surface area contributed by atoms with Crippen LogP contribution < -0.4 is 5.32 Å². The molecule has 0 saturated heterocycles. The zero-order valence-electron chi connectivity index (χ0n) is 9.72. The van der Waals surface area contributed by atoms with E-state index in [0.717, 1.165) is 5.69 Å². The van der Waals surface area contributed by atoms with Crippen molar-refractivity contribution in [3.05, 3.63) is 58.6 Å². The lowest BCUT2D eigenvalue weighted by Gasteiger charge is -2.08. The second-order valence-corrected chi connectivity index (χ2v) is 4.22. The highest BCUT2D eigenvalue weighted by Crippen LogP contribution is 2.23. The molecule has 0 saturated carbocycles. The number of carboxylic acid groups (broad SMARTS) is 1. The quantitative estimate of drug-likeness (QED) is 0.894. The number of benzene rings is 2. The van der Waals surface area contributed by atoms with Crippen LogP contribution >= 0.6 is 11.6 Å². The highest BCUT2D eigenvalue weighted by Gasteiger charge is 2.09. The van der Waals surface area contributed by atoms with Crippen LogP contribution in [0.5, 0.6) is 0 Å². The van der Waals surface area contributed by atoms with E-state index >= 15 is 0 Å². The van der Waals surface area contributed by atoms with Crippen molar-refractivity contribution >= 4 is 28.9 Å². The number of halogens is 1. The van der Waals surface area contributed by atoms with Gasteiger partial charge < -0.3 is 10.4 Å². The van der Waals surface area contributed by atoms with Crippen molar-refractivity contribution in [2.24, 2.45) is 0 Å². The molecular formula is C14H9ClN2O2. The summed E-state index contributed by atoms with van der Waals surface area (Å²) in [6.45, 7) is 0. The number of nitrogens with zero attached hydrogens (tertiary/aromatic N) is 1. The van der Waals surface area contributed by atoms with Gasteiger partial charge in [-0.2, -0.15) is 5.26 Å². The van der Waals surface area contributed by atoms with Crippen LogP contribution in [0.1, 0.15) is 15.9 Å². The van der Waals surface area contributed by atoms with Crippen molar-refractivity contribution in [1.82, 2.24) is 0 Å². The van der Waals surface area contributed by atoms with Crippen LogP contribution in [0.2, 0.25) is 5.02 Å². The Morgan fingerprint density at radius 2 is 1.79 bits per heavy atom. The first-order chi connectivity index (χ1) is 9.10. The summed E-state index contributed by atoms with van der Waals surface area (Å²) in [4.78, 5) is 11.0. The Bertz CT molecular complexity index is 660. The Morgan fingerprint density at radius 1 is 1.16 bits per heavy atom. The summed E-state index contributed by atoms with van der Waals surface area (Å²) in [6, 6.07) is 13.5. The number of aromatic carboxylic acids is 1. The van der Waals surface area contributed by atoms with Crippen molar-refractivity contribution in [1.29, 1.82) is 5.26 Å². The van der Waals surface area contributed by atoms with Crippen molar-refractivity contribution in [3.63, 3.8) is 0 Å². The number of hydrogen-bond donors (Lipinski definition) is 2. The van der Waals surface area contributed by atoms with Gasteiger partial charge in [-0.3, -0.25) is 0 Å². The molecule has 0 heterocycles. The van der Waals surface area contributed by atoms with Crippen LogP contribution in [0.15, 0.2) is 42.5 Å². The molecule has 0 atom stereocenters. The van der Waals surface area contributed by atoms with Crippen molar-refractivity contribution in [2.45, 2.75) is 0 Å². The number of rotatable bonds is 3. The van der Waals surface area contributed by atoms with Gasteiger partial charge in [-0.05, 0) is 42.5 Å². The molecule has 0 radical (unpaired) electrons. The van der Waals surface area contributed by atoms with Crippen LogP contribution in [0.25, 0.3) is 0 Å². The fourth-order valence-electron chi connectivity index (χ4n) is 1.56. The van der Waals surface area contributed by atoms with E-state index in [1.165, 1.54) is 12.1 Å². The minimum Gasteiger partial charge on any atom is -0.478 e. The predicted molar refractivity (Wildman–Crippen MR) is 72.9 cm³/mol. The first kappa shape index (κ1) is 12.9. The van der Waals surface area contributed by atoms with Crippen molar-refractivity contribution < 1.29 is 9.90 Å². The van der Waals surface area contributed by atoms with Gasteiger partial charge in [-0.1, -0.05) is 11.6 Å². The molecule has 5 heteroatoms. The van der Waals surface area contributed by atoms with Gasteiger partial charge in [0.05, 0.1) is 22.2 Å². The molecule has 0 aliphatic heterocycles. The third-order valence-corrected chi connectivity index (χ3v) is 2.83. The van der Waals surface area contributed by atoms with Gasteiger partial charge in [0.2, 0.25) is 0 Å². The van der Waals surface area contributed by atoms with E-state index in [1.807, 2.05) is 6.07 Å². The zero-order valence-corrected chi connectivity index (χ0v) is 10.5. The highest BCUT2D eigenvalue weighted by atomic mass is 35.5. The fourth-order valence-corrected chi connectivity index (χ4v) is 1.76. The van der Waals surface area contributed by atoms with E-state index in [0.29, 0.717) is 11.3 Å². The van der Waals surface area contributed by atoms with E-state index in [9.17, 15) is 4.79 Å². The van der Waals surface area contributed by atoms with Crippen LogP contribution in [-0.2, 0) is 0 Å². The number of hydrogen-bond acceptors (Lipinski definition) is 3. The topological polar surface area (TPSA) is 73.1 Å². The lowest BCUT2D eigenvalue weighted by atomic mass is 10.2. The molecule has 94 valence electrons. The monoisotopic (exact) mass is 272 g/mol. The summed E-state index contributed by atoms with van der Waals surface area (Å²) in [5.41, 5.74) is 1.98. The Kier molecular flexibility index (Phi) is 3.69. The standard InChI is InChI=1S/C14H9ClN2O2/c15-13-6-5-11(7-12(13)14(18)19)17-10-3-1-9(8-16)2-4-10/h1-7,17H,(H,18,19). The largest absolute Gasteiger partial charge is 0.478 e. The third kappa shape index (κ3) is 3.03. The second kappa shape index (κ2) is 5.42. The molecule has 0 aliphatic carbocycles. The lowest BCUT2D eigenvalue weighted by molar-refractivity contribution is 0.0697. The Morgan fingerprint density at radius 3 is 2.37 bits per heavy atom. The minimum absolute atomic E-state index is 0.0420. The molecule has 4 nitrogen and oxygen atoms in total. The fraction of sp³-hybridized carbons (Fsp3) is 0. The first-order valence-electron chi connectivity index (χ1n) is 5.40. The van der Waals surface area contributed by atoms with Crippen LogP contribution in [0.3, 0.4) is 0 Å². The lowest BCUT2D eigenvalue weighted by Crippen LogP contribution is -1.99. The molecule has 2 N–H and O–H groups in total. The van der Waals surface area contributed by atoms with E-state index in [-0.39, 0.29) is 10.6 Å². The van der Waals surface area contributed by atoms with Crippen molar-refractivity contribution in [2.75, 3.05) is 5.32 Å². The molecule has 0 aromatic heterocycles. The summed E-state index contributed by atoms with van der Waals surface area (Å²) in [5.74, 6) is -1.08. The molecule has 2 aromatic rings. The number of carbonyl (C=O) groups is 1. The zero-order chi connectivity index (χ0) is 13.8. The molecule has 0 amide bonds. The number of nitriles is 1. The second-order valence-electron chi connectivity index (χ2n) is 3.81. The molecule has 2 rings (SSSR count). The maximum Gasteiger partial charge on any atom is 0.337 e. The molecule has 2 aromatic carbocycles. The smallest absolute Gasteiger partial charge is 0.337 e. The summed E-state index contributed by atoms with van der Waals surface area (Å²) in [6.07, 6.45) is 0. The van der Waals surface area contributed by atoms with Gasteiger partial charge in [0.1, 0.15) is 0 Å². The van der Waals surface area contributed by atoms with Gasteiger partial charge in [0, 0.05) is 11.4 Å². The van der Waals surface area contributed by atoms with Crippen LogP contribution in [0, 0.1) is 11.3 Å². The highest BCUT2D eigenvalue weighted by molar-refractivity contribution is 6.33. The number of anilines is 2. The number of carboxylic acids is 1. The summed E-state index contributed by atoms with van der Waals surface area (Å²) >= 11 is 5.79. The van der Waals surface area contributed by atoms with Gasteiger partial charge in [0.15, 0.2) is 0 Å². The van der Waals surface area contributed by atoms with E-state index < -0.39 is 5.97 Å².